The van der Waals surface area contributed by atoms with Gasteiger partial charge in [-0.2, -0.15) is 0 Å². The van der Waals surface area contributed by atoms with E-state index in [-0.39, 0.29) is 12.5 Å². The number of hydrogen-bond donors (Lipinski definition) is 2. The summed E-state index contributed by atoms with van der Waals surface area (Å²) in [5.74, 6) is -0.697. The normalized spacial score (nSPS) is 19.8. The fourth-order valence-corrected chi connectivity index (χ4v) is 3.28. The van der Waals surface area contributed by atoms with Crippen LogP contribution in [0.4, 0.5) is 0 Å². The third-order valence-electron chi connectivity index (χ3n) is 4.30. The second-order valence-corrected chi connectivity index (χ2v) is 5.64. The summed E-state index contributed by atoms with van der Waals surface area (Å²) in [6.45, 7) is 3.93. The van der Waals surface area contributed by atoms with Crippen LogP contribution in [0, 0.1) is 6.92 Å². The van der Waals surface area contributed by atoms with Gasteiger partial charge in [0.2, 0.25) is 0 Å². The summed E-state index contributed by atoms with van der Waals surface area (Å²) >= 11 is 0. The lowest BCUT2D eigenvalue weighted by Gasteiger charge is -2.23. The van der Waals surface area contributed by atoms with Crippen LogP contribution < -0.4 is 0 Å². The number of H-pyrrole nitrogens is 1. The molecule has 1 unspecified atom stereocenters. The fraction of sp³-hybridized carbons (Fsp3) is 0.438. The summed E-state index contributed by atoms with van der Waals surface area (Å²) < 4.78 is 0. The van der Waals surface area contributed by atoms with E-state index in [1.54, 1.807) is 0 Å². The van der Waals surface area contributed by atoms with Crippen LogP contribution >= 0.6 is 0 Å². The first-order valence-electron chi connectivity index (χ1n) is 7.17. The molecule has 3 rings (SSSR count). The van der Waals surface area contributed by atoms with Crippen molar-refractivity contribution in [1.82, 2.24) is 9.88 Å². The number of likely N-dealkylation sites (tertiary alicyclic amines) is 1. The lowest BCUT2D eigenvalue weighted by Crippen LogP contribution is -2.31. The van der Waals surface area contributed by atoms with E-state index in [4.69, 9.17) is 5.11 Å². The molecule has 1 atom stereocenters. The van der Waals surface area contributed by atoms with E-state index in [2.05, 4.69) is 35.0 Å². The maximum absolute atomic E-state index is 10.9. The Morgan fingerprint density at radius 1 is 1.45 bits per heavy atom. The number of carboxylic acids is 1. The quantitative estimate of drug-likeness (QED) is 0.899. The zero-order chi connectivity index (χ0) is 14.1. The molecule has 4 nitrogen and oxygen atoms in total. The van der Waals surface area contributed by atoms with Gasteiger partial charge in [0.1, 0.15) is 0 Å². The van der Waals surface area contributed by atoms with Gasteiger partial charge in [-0.1, -0.05) is 18.2 Å². The van der Waals surface area contributed by atoms with Gasteiger partial charge >= 0.3 is 5.97 Å². The summed E-state index contributed by atoms with van der Waals surface area (Å²) in [4.78, 5) is 16.7. The van der Waals surface area contributed by atoms with E-state index >= 15 is 0 Å². The first-order chi connectivity index (χ1) is 9.65. The molecular weight excluding hydrogens is 252 g/mol. The Morgan fingerprint density at radius 2 is 2.25 bits per heavy atom. The van der Waals surface area contributed by atoms with Crippen LogP contribution in [0.1, 0.15) is 30.5 Å². The summed E-state index contributed by atoms with van der Waals surface area (Å²) in [7, 11) is 0. The molecule has 4 heteroatoms. The number of benzene rings is 1. The first-order valence-corrected chi connectivity index (χ1v) is 7.17. The van der Waals surface area contributed by atoms with Crippen molar-refractivity contribution < 1.29 is 9.90 Å². The van der Waals surface area contributed by atoms with Crippen molar-refractivity contribution in [2.24, 2.45) is 0 Å². The molecule has 1 aliphatic rings. The van der Waals surface area contributed by atoms with Crippen LogP contribution in [0.2, 0.25) is 0 Å². The Labute approximate surface area is 118 Å². The minimum absolute atomic E-state index is 0.181. The Morgan fingerprint density at radius 3 is 3.05 bits per heavy atom. The monoisotopic (exact) mass is 272 g/mol. The number of aromatic nitrogens is 1. The zero-order valence-corrected chi connectivity index (χ0v) is 11.7. The van der Waals surface area contributed by atoms with E-state index in [0.717, 1.165) is 31.4 Å². The number of aromatic amines is 1. The van der Waals surface area contributed by atoms with Crippen molar-refractivity contribution in [3.05, 3.63) is 35.5 Å². The molecular formula is C16H20N2O2. The Balaban J connectivity index is 1.85. The molecule has 2 aromatic rings. The zero-order valence-electron chi connectivity index (χ0n) is 11.7. The van der Waals surface area contributed by atoms with Crippen LogP contribution in [0.5, 0.6) is 0 Å². The molecule has 0 spiro atoms. The average molecular weight is 272 g/mol. The molecule has 1 fully saturated rings. The topological polar surface area (TPSA) is 56.3 Å². The molecule has 2 N–H and O–H groups in total. The molecule has 1 aliphatic heterocycles. The van der Waals surface area contributed by atoms with Crippen molar-refractivity contribution in [3.63, 3.8) is 0 Å². The molecule has 20 heavy (non-hydrogen) atoms. The van der Waals surface area contributed by atoms with E-state index in [1.165, 1.54) is 16.6 Å². The van der Waals surface area contributed by atoms with Gasteiger partial charge in [0, 0.05) is 29.2 Å². The number of aliphatic carboxylic acids is 1. The number of aryl methyl sites for hydroxylation is 1. The van der Waals surface area contributed by atoms with Gasteiger partial charge in [-0.15, -0.1) is 0 Å². The summed E-state index contributed by atoms with van der Waals surface area (Å²) in [6, 6.07) is 8.49. The second kappa shape index (κ2) is 5.29. The van der Waals surface area contributed by atoms with E-state index < -0.39 is 5.97 Å². The van der Waals surface area contributed by atoms with Gasteiger partial charge in [-0.25, -0.2) is 0 Å². The largest absolute Gasteiger partial charge is 0.481 e. The lowest BCUT2D eigenvalue weighted by atomic mass is 10.1. The number of para-hydroxylation sites is 1. The Hall–Kier alpha value is -1.81. The number of hydrogen-bond acceptors (Lipinski definition) is 2. The molecule has 2 heterocycles. The molecule has 1 aromatic carbocycles. The maximum Gasteiger partial charge on any atom is 0.304 e. The molecule has 106 valence electrons. The molecule has 0 amide bonds. The number of nitrogens with one attached hydrogen (secondary N) is 1. The van der Waals surface area contributed by atoms with Gasteiger partial charge < -0.3 is 10.1 Å². The van der Waals surface area contributed by atoms with Gasteiger partial charge in [0.05, 0.1) is 6.42 Å². The number of fused-ring (bicyclic) bond motifs is 1. The van der Waals surface area contributed by atoms with Crippen molar-refractivity contribution in [3.8, 4) is 0 Å². The summed E-state index contributed by atoms with van der Waals surface area (Å²) in [5, 5.41) is 10.3. The molecule has 1 aromatic heterocycles. The van der Waals surface area contributed by atoms with Gasteiger partial charge in [-0.3, -0.25) is 9.69 Å². The highest BCUT2D eigenvalue weighted by atomic mass is 16.4. The minimum atomic E-state index is -0.697. The number of nitrogens with zero attached hydrogens (tertiary/aromatic N) is 1. The Kier molecular flexibility index (Phi) is 3.49. The van der Waals surface area contributed by atoms with Gasteiger partial charge in [-0.05, 0) is 37.9 Å². The molecule has 1 saturated heterocycles. The highest BCUT2D eigenvalue weighted by Gasteiger charge is 2.27. The predicted octanol–water partition coefficient (Wildman–Crippen LogP) is 2.92. The minimum Gasteiger partial charge on any atom is -0.481 e. The van der Waals surface area contributed by atoms with Crippen LogP contribution in [0.25, 0.3) is 10.9 Å². The molecule has 0 saturated carbocycles. The fourth-order valence-electron chi connectivity index (χ4n) is 3.28. The average Bonchev–Trinajstić information content (AvgIpc) is 2.95. The van der Waals surface area contributed by atoms with E-state index in [9.17, 15) is 4.79 Å². The third-order valence-corrected chi connectivity index (χ3v) is 4.30. The van der Waals surface area contributed by atoms with Gasteiger partial charge in [0.15, 0.2) is 0 Å². The SMILES string of the molecule is Cc1[nH]c2ccccc2c1CN1CCCC1CC(=O)O. The smallest absolute Gasteiger partial charge is 0.304 e. The highest BCUT2D eigenvalue weighted by molar-refractivity contribution is 5.84. The van der Waals surface area contributed by atoms with E-state index in [1.807, 2.05) is 6.07 Å². The lowest BCUT2D eigenvalue weighted by molar-refractivity contribution is -0.138. The molecule has 0 bridgehead atoms. The highest BCUT2D eigenvalue weighted by Crippen LogP contribution is 2.28. The van der Waals surface area contributed by atoms with E-state index in [0.29, 0.717) is 0 Å². The molecule has 0 radical (unpaired) electrons. The van der Waals surface area contributed by atoms with Crippen LogP contribution in [0.3, 0.4) is 0 Å². The first kappa shape index (κ1) is 13.2. The van der Waals surface area contributed by atoms with Crippen LogP contribution in [-0.4, -0.2) is 33.5 Å². The standard InChI is InChI=1S/C16H20N2O2/c1-11-14(13-6-2-3-7-15(13)17-11)10-18-8-4-5-12(18)9-16(19)20/h2-3,6-7,12,17H,4-5,8-10H2,1H3,(H,19,20). The van der Waals surface area contributed by atoms with Gasteiger partial charge in [0.25, 0.3) is 0 Å². The summed E-state index contributed by atoms with van der Waals surface area (Å²) in [5.41, 5.74) is 3.65. The third kappa shape index (κ3) is 2.43. The van der Waals surface area contributed by atoms with Crippen molar-refractivity contribution in [1.29, 1.82) is 0 Å². The number of carboxylic acid groups (broad SMARTS) is 1. The van der Waals surface area contributed by atoms with Crippen LogP contribution in [0.15, 0.2) is 24.3 Å². The number of rotatable bonds is 4. The van der Waals surface area contributed by atoms with Crippen LogP contribution in [-0.2, 0) is 11.3 Å². The Bertz CT molecular complexity index is 632. The maximum atomic E-state index is 10.9. The second-order valence-electron chi connectivity index (χ2n) is 5.64. The molecule has 0 aliphatic carbocycles. The predicted molar refractivity (Wildman–Crippen MR) is 78.7 cm³/mol. The van der Waals surface area contributed by atoms with Crippen molar-refractivity contribution in [2.45, 2.75) is 38.8 Å². The number of carbonyl (C=O) groups is 1. The summed E-state index contributed by atoms with van der Waals surface area (Å²) in [6.07, 6.45) is 2.34. The van der Waals surface area contributed by atoms with Crippen molar-refractivity contribution in [2.75, 3.05) is 6.54 Å². The van der Waals surface area contributed by atoms with Crippen molar-refractivity contribution >= 4 is 16.9 Å².